The lowest BCUT2D eigenvalue weighted by Gasteiger charge is -2.25. The van der Waals surface area contributed by atoms with Gasteiger partial charge in [0.2, 0.25) is 5.91 Å². The summed E-state index contributed by atoms with van der Waals surface area (Å²) in [5, 5.41) is 3.28. The van der Waals surface area contributed by atoms with Crippen molar-refractivity contribution < 1.29 is 17.9 Å². The number of para-hydroxylation sites is 1. The molecule has 0 saturated carbocycles. The molecule has 0 saturated heterocycles. The van der Waals surface area contributed by atoms with Crippen LogP contribution in [0.15, 0.2) is 77.7 Å². The van der Waals surface area contributed by atoms with Gasteiger partial charge in [-0.15, -0.1) is 0 Å². The van der Waals surface area contributed by atoms with Gasteiger partial charge in [0.1, 0.15) is 12.3 Å². The highest BCUT2D eigenvalue weighted by Crippen LogP contribution is 2.32. The van der Waals surface area contributed by atoms with E-state index in [0.29, 0.717) is 24.4 Å². The van der Waals surface area contributed by atoms with Crippen molar-refractivity contribution >= 4 is 44.8 Å². The standard InChI is InChI=1S/C24H24Cl2N2O4S/c1-32-23-12-6-5-8-18(23)9-7-15-27-24(29)17-28(22-14-13-19(25)16-21(22)26)33(30,31)20-10-3-2-4-11-20/h2-6,8,10-14,16H,7,9,15,17H2,1H3,(H,27,29). The predicted octanol–water partition coefficient (Wildman–Crippen LogP) is 4.95. The number of carbonyl (C=O) groups excluding carboxylic acids is 1. The van der Waals surface area contributed by atoms with Crippen molar-refractivity contribution in [1.82, 2.24) is 5.32 Å². The monoisotopic (exact) mass is 506 g/mol. The number of rotatable bonds is 10. The number of sulfonamides is 1. The Hall–Kier alpha value is -2.74. The van der Waals surface area contributed by atoms with Gasteiger partial charge in [0.25, 0.3) is 10.0 Å². The first-order valence-corrected chi connectivity index (χ1v) is 12.4. The van der Waals surface area contributed by atoms with Crippen LogP contribution in [0.4, 0.5) is 5.69 Å². The first kappa shape index (κ1) is 24.9. The largest absolute Gasteiger partial charge is 0.496 e. The Bertz CT molecular complexity index is 1200. The van der Waals surface area contributed by atoms with E-state index in [2.05, 4.69) is 5.32 Å². The van der Waals surface area contributed by atoms with E-state index in [1.165, 1.54) is 30.3 Å². The van der Waals surface area contributed by atoms with Crippen molar-refractivity contribution in [2.24, 2.45) is 0 Å². The summed E-state index contributed by atoms with van der Waals surface area (Å²) in [5.41, 5.74) is 1.21. The molecule has 0 bridgehead atoms. The topological polar surface area (TPSA) is 75.7 Å². The highest BCUT2D eigenvalue weighted by Gasteiger charge is 2.28. The molecular weight excluding hydrogens is 483 g/mol. The summed E-state index contributed by atoms with van der Waals surface area (Å²) in [4.78, 5) is 12.8. The van der Waals surface area contributed by atoms with Crippen molar-refractivity contribution in [2.75, 3.05) is 24.5 Å². The fraction of sp³-hybridized carbons (Fsp3) is 0.208. The molecular formula is C24H24Cl2N2O4S. The number of hydrogen-bond donors (Lipinski definition) is 1. The third kappa shape index (κ3) is 6.41. The van der Waals surface area contributed by atoms with Crippen LogP contribution < -0.4 is 14.4 Å². The number of anilines is 1. The van der Waals surface area contributed by atoms with Gasteiger partial charge in [-0.3, -0.25) is 9.10 Å². The number of amides is 1. The normalized spacial score (nSPS) is 11.1. The smallest absolute Gasteiger partial charge is 0.264 e. The number of ether oxygens (including phenoxy) is 1. The number of aryl methyl sites for hydroxylation is 1. The van der Waals surface area contributed by atoms with Gasteiger partial charge >= 0.3 is 0 Å². The van der Waals surface area contributed by atoms with Gasteiger partial charge in [0.15, 0.2) is 0 Å². The first-order valence-electron chi connectivity index (χ1n) is 10.2. The van der Waals surface area contributed by atoms with Crippen LogP contribution in [0.2, 0.25) is 10.0 Å². The minimum Gasteiger partial charge on any atom is -0.496 e. The van der Waals surface area contributed by atoms with E-state index in [1.807, 2.05) is 24.3 Å². The molecule has 0 unspecified atom stereocenters. The van der Waals surface area contributed by atoms with Crippen LogP contribution in [-0.4, -0.2) is 34.5 Å². The van der Waals surface area contributed by atoms with Gasteiger partial charge in [0, 0.05) is 11.6 Å². The molecule has 0 radical (unpaired) electrons. The zero-order valence-corrected chi connectivity index (χ0v) is 20.3. The van der Waals surface area contributed by atoms with Gasteiger partial charge in [0.05, 0.1) is 22.7 Å². The van der Waals surface area contributed by atoms with E-state index in [9.17, 15) is 13.2 Å². The molecule has 6 nitrogen and oxygen atoms in total. The molecule has 0 aliphatic carbocycles. The maximum Gasteiger partial charge on any atom is 0.264 e. The van der Waals surface area contributed by atoms with Crippen LogP contribution in [0.3, 0.4) is 0 Å². The van der Waals surface area contributed by atoms with Gasteiger partial charge in [-0.1, -0.05) is 59.6 Å². The van der Waals surface area contributed by atoms with E-state index in [4.69, 9.17) is 27.9 Å². The number of carbonyl (C=O) groups is 1. The zero-order valence-electron chi connectivity index (χ0n) is 18.0. The summed E-state index contributed by atoms with van der Waals surface area (Å²) in [7, 11) is -2.42. The lowest BCUT2D eigenvalue weighted by atomic mass is 10.1. The van der Waals surface area contributed by atoms with Crippen molar-refractivity contribution in [2.45, 2.75) is 17.7 Å². The van der Waals surface area contributed by atoms with Crippen LogP contribution in [0.1, 0.15) is 12.0 Å². The molecule has 3 aromatic carbocycles. The number of nitrogens with one attached hydrogen (secondary N) is 1. The Morgan fingerprint density at radius 2 is 1.70 bits per heavy atom. The van der Waals surface area contributed by atoms with E-state index < -0.39 is 22.5 Å². The highest BCUT2D eigenvalue weighted by molar-refractivity contribution is 7.92. The van der Waals surface area contributed by atoms with Crippen LogP contribution in [0.5, 0.6) is 5.75 Å². The molecule has 1 N–H and O–H groups in total. The Labute approximate surface area is 204 Å². The van der Waals surface area contributed by atoms with E-state index in [0.717, 1.165) is 15.6 Å². The SMILES string of the molecule is COc1ccccc1CCCNC(=O)CN(c1ccc(Cl)cc1Cl)S(=O)(=O)c1ccccc1. The quantitative estimate of drug-likeness (QED) is 0.394. The molecule has 0 heterocycles. The molecule has 0 aromatic heterocycles. The third-order valence-corrected chi connectivity index (χ3v) is 7.25. The maximum atomic E-state index is 13.3. The minimum absolute atomic E-state index is 0.0555. The lowest BCUT2D eigenvalue weighted by molar-refractivity contribution is -0.119. The van der Waals surface area contributed by atoms with Crippen LogP contribution >= 0.6 is 23.2 Å². The third-order valence-electron chi connectivity index (χ3n) is 4.93. The van der Waals surface area contributed by atoms with Crippen LogP contribution in [-0.2, 0) is 21.2 Å². The molecule has 9 heteroatoms. The number of hydrogen-bond acceptors (Lipinski definition) is 4. The molecule has 0 aliphatic heterocycles. The van der Waals surface area contributed by atoms with Crippen molar-refractivity contribution in [3.8, 4) is 5.75 Å². The molecule has 3 aromatic rings. The lowest BCUT2D eigenvalue weighted by Crippen LogP contribution is -2.41. The molecule has 0 aliphatic rings. The molecule has 1 amide bonds. The average Bonchev–Trinajstić information content (AvgIpc) is 2.81. The predicted molar refractivity (Wildman–Crippen MR) is 132 cm³/mol. The Morgan fingerprint density at radius 1 is 1.00 bits per heavy atom. The van der Waals surface area contributed by atoms with Crippen LogP contribution in [0, 0.1) is 0 Å². The Morgan fingerprint density at radius 3 is 2.39 bits per heavy atom. The molecule has 174 valence electrons. The van der Waals surface area contributed by atoms with Crippen LogP contribution in [0.25, 0.3) is 0 Å². The Balaban J connectivity index is 1.73. The van der Waals surface area contributed by atoms with Crippen molar-refractivity contribution in [3.05, 3.63) is 88.4 Å². The second-order valence-corrected chi connectivity index (χ2v) is 9.89. The zero-order chi connectivity index (χ0) is 23.8. The second kappa shape index (κ2) is 11.4. The van der Waals surface area contributed by atoms with Gasteiger partial charge < -0.3 is 10.1 Å². The molecule has 0 spiro atoms. The van der Waals surface area contributed by atoms with E-state index in [-0.39, 0.29) is 15.6 Å². The fourth-order valence-electron chi connectivity index (χ4n) is 3.31. The van der Waals surface area contributed by atoms with Crippen molar-refractivity contribution in [3.63, 3.8) is 0 Å². The number of benzene rings is 3. The Kier molecular flexibility index (Phi) is 8.61. The molecule has 0 fully saturated rings. The summed E-state index contributed by atoms with van der Waals surface area (Å²) in [6, 6.07) is 20.0. The minimum atomic E-state index is -4.04. The van der Waals surface area contributed by atoms with Gasteiger partial charge in [-0.2, -0.15) is 0 Å². The summed E-state index contributed by atoms with van der Waals surface area (Å²) < 4.78 is 33.0. The molecule has 3 rings (SSSR count). The molecule has 33 heavy (non-hydrogen) atoms. The summed E-state index contributed by atoms with van der Waals surface area (Å²) in [6.45, 7) is -0.0440. The van der Waals surface area contributed by atoms with E-state index in [1.54, 1.807) is 25.3 Å². The summed E-state index contributed by atoms with van der Waals surface area (Å²) in [5.74, 6) is 0.349. The molecule has 0 atom stereocenters. The number of halogens is 2. The van der Waals surface area contributed by atoms with Crippen molar-refractivity contribution in [1.29, 1.82) is 0 Å². The highest BCUT2D eigenvalue weighted by atomic mass is 35.5. The maximum absolute atomic E-state index is 13.3. The van der Waals surface area contributed by atoms with Gasteiger partial charge in [-0.05, 0) is 54.8 Å². The second-order valence-electron chi connectivity index (χ2n) is 7.19. The van der Waals surface area contributed by atoms with Gasteiger partial charge in [-0.25, -0.2) is 8.42 Å². The summed E-state index contributed by atoms with van der Waals surface area (Å²) in [6.07, 6.45) is 1.37. The number of methoxy groups -OCH3 is 1. The van der Waals surface area contributed by atoms with E-state index >= 15 is 0 Å². The summed E-state index contributed by atoms with van der Waals surface area (Å²) >= 11 is 12.3. The first-order chi connectivity index (χ1) is 15.8. The fourth-order valence-corrected chi connectivity index (χ4v) is 5.33. The average molecular weight is 507 g/mol. The number of nitrogens with zero attached hydrogens (tertiary/aromatic N) is 1.